The number of hydrogen-bond donors (Lipinski definition) is 0. The summed E-state index contributed by atoms with van der Waals surface area (Å²) in [5.41, 5.74) is -1.19. The van der Waals surface area contributed by atoms with Crippen LogP contribution in [0.3, 0.4) is 0 Å². The van der Waals surface area contributed by atoms with Gasteiger partial charge in [-0.25, -0.2) is 4.79 Å². The van der Waals surface area contributed by atoms with Crippen molar-refractivity contribution in [2.45, 2.75) is 65.0 Å². The maximum atomic E-state index is 12.0. The van der Waals surface area contributed by atoms with E-state index >= 15 is 0 Å². The van der Waals surface area contributed by atoms with Crippen molar-refractivity contribution in [1.82, 2.24) is 4.90 Å². The van der Waals surface area contributed by atoms with E-state index in [1.807, 2.05) is 34.6 Å². The summed E-state index contributed by atoms with van der Waals surface area (Å²) >= 11 is 0. The van der Waals surface area contributed by atoms with E-state index in [9.17, 15) is 9.59 Å². The quantitative estimate of drug-likeness (QED) is 0.746. The number of ether oxygens (including phenoxy) is 1. The lowest BCUT2D eigenvalue weighted by Gasteiger charge is -2.35. The summed E-state index contributed by atoms with van der Waals surface area (Å²) in [5, 5.41) is 0. The Morgan fingerprint density at radius 1 is 1.35 bits per heavy atom. The molecule has 1 rings (SSSR count). The fourth-order valence-electron chi connectivity index (χ4n) is 2.24. The van der Waals surface area contributed by atoms with Crippen LogP contribution >= 0.6 is 0 Å². The lowest BCUT2D eigenvalue weighted by molar-refractivity contribution is -0.128. The highest BCUT2D eigenvalue weighted by Crippen LogP contribution is 2.32. The van der Waals surface area contributed by atoms with Crippen molar-refractivity contribution in [1.29, 1.82) is 0 Å². The van der Waals surface area contributed by atoms with E-state index in [0.29, 0.717) is 13.0 Å². The Hall–Kier alpha value is -1.06. The largest absolute Gasteiger partial charge is 0.444 e. The minimum atomic E-state index is -0.670. The number of carbonyl (C=O) groups excluding carboxylic acids is 2. The fraction of sp³-hybridized carbons (Fsp3) is 0.846. The van der Waals surface area contributed by atoms with Crippen LogP contribution in [0, 0.1) is 0 Å². The molecule has 1 aliphatic rings. The van der Waals surface area contributed by atoms with Crippen molar-refractivity contribution in [3.05, 3.63) is 0 Å². The Balaban J connectivity index is 2.83. The minimum Gasteiger partial charge on any atom is -0.444 e. The van der Waals surface area contributed by atoms with Gasteiger partial charge in [-0.15, -0.1) is 0 Å². The second-order valence-electron chi connectivity index (χ2n) is 5.79. The van der Waals surface area contributed by atoms with Crippen LogP contribution in [-0.4, -0.2) is 34.5 Å². The van der Waals surface area contributed by atoms with Crippen molar-refractivity contribution < 1.29 is 14.3 Å². The molecule has 1 saturated heterocycles. The van der Waals surface area contributed by atoms with Crippen LogP contribution in [-0.2, 0) is 9.53 Å². The van der Waals surface area contributed by atoms with E-state index in [1.54, 1.807) is 4.90 Å². The Bertz CT molecular complexity index is 319. The zero-order chi connectivity index (χ0) is 13.3. The van der Waals surface area contributed by atoms with Crippen LogP contribution in [0.25, 0.3) is 0 Å². The van der Waals surface area contributed by atoms with Gasteiger partial charge >= 0.3 is 6.09 Å². The number of carbonyl (C=O) groups is 2. The summed E-state index contributed by atoms with van der Waals surface area (Å²) in [6.07, 6.45) is 1.68. The van der Waals surface area contributed by atoms with Gasteiger partial charge in [-0.3, -0.25) is 9.69 Å². The Morgan fingerprint density at radius 2 is 1.94 bits per heavy atom. The molecule has 0 aliphatic carbocycles. The number of Topliss-reactive ketones (excluding diaryl/α,β-unsaturated/α-hetero) is 1. The second-order valence-corrected chi connectivity index (χ2v) is 5.79. The normalized spacial score (nSPS) is 24.9. The van der Waals surface area contributed by atoms with Crippen molar-refractivity contribution in [3.63, 3.8) is 0 Å². The molecule has 1 heterocycles. The Morgan fingerprint density at radius 3 is 2.41 bits per heavy atom. The highest BCUT2D eigenvalue weighted by atomic mass is 16.6. The van der Waals surface area contributed by atoms with Crippen LogP contribution in [0.2, 0.25) is 0 Å². The summed E-state index contributed by atoms with van der Waals surface area (Å²) in [4.78, 5) is 25.6. The molecular weight excluding hydrogens is 218 g/mol. The lowest BCUT2D eigenvalue weighted by atomic mass is 9.92. The monoisotopic (exact) mass is 241 g/mol. The number of ketones is 1. The van der Waals surface area contributed by atoms with Crippen LogP contribution in [0.15, 0.2) is 0 Å². The fourth-order valence-corrected chi connectivity index (χ4v) is 2.24. The summed E-state index contributed by atoms with van der Waals surface area (Å²) in [5.74, 6) is 0.112. The van der Waals surface area contributed by atoms with Gasteiger partial charge in [0.1, 0.15) is 11.1 Å². The number of rotatable bonds is 2. The van der Waals surface area contributed by atoms with Crippen molar-refractivity contribution in [2.75, 3.05) is 6.54 Å². The smallest absolute Gasteiger partial charge is 0.411 e. The first-order valence-electron chi connectivity index (χ1n) is 6.24. The summed E-state index contributed by atoms with van der Waals surface area (Å²) < 4.78 is 5.35. The van der Waals surface area contributed by atoms with Gasteiger partial charge in [0.2, 0.25) is 0 Å². The Kier molecular flexibility index (Phi) is 3.84. The average molecular weight is 241 g/mol. The van der Waals surface area contributed by atoms with Crippen LogP contribution in [0.1, 0.15) is 53.9 Å². The Labute approximate surface area is 103 Å². The van der Waals surface area contributed by atoms with Gasteiger partial charge in [-0.05, 0) is 40.5 Å². The SMILES string of the molecule is CCC(=O)[C@@]1(C)CCCN1C(=O)OC(C)(C)C. The van der Waals surface area contributed by atoms with Gasteiger partial charge < -0.3 is 4.74 Å². The molecule has 0 aromatic carbocycles. The predicted molar refractivity (Wildman–Crippen MR) is 65.9 cm³/mol. The molecule has 4 heteroatoms. The maximum Gasteiger partial charge on any atom is 0.411 e. The van der Waals surface area contributed by atoms with E-state index in [4.69, 9.17) is 4.74 Å². The molecule has 1 aliphatic heterocycles. The molecule has 1 amide bonds. The van der Waals surface area contributed by atoms with Crippen LogP contribution in [0.5, 0.6) is 0 Å². The molecule has 0 bridgehead atoms. The number of likely N-dealkylation sites (tertiary alicyclic amines) is 1. The van der Waals surface area contributed by atoms with Crippen LogP contribution < -0.4 is 0 Å². The highest BCUT2D eigenvalue weighted by molar-refractivity contribution is 5.91. The molecule has 1 atom stereocenters. The molecule has 0 spiro atoms. The second kappa shape index (κ2) is 4.67. The van der Waals surface area contributed by atoms with Gasteiger partial charge in [0.15, 0.2) is 5.78 Å². The van der Waals surface area contributed by atoms with E-state index < -0.39 is 11.1 Å². The highest BCUT2D eigenvalue weighted by Gasteiger charge is 2.45. The molecule has 17 heavy (non-hydrogen) atoms. The standard InChI is InChI=1S/C13H23NO3/c1-6-10(15)13(5)8-7-9-14(13)11(16)17-12(2,3)4/h6-9H2,1-5H3/t13-/m1/s1. The van der Waals surface area contributed by atoms with Gasteiger partial charge in [0.05, 0.1) is 0 Å². The minimum absolute atomic E-state index is 0.112. The van der Waals surface area contributed by atoms with Crippen molar-refractivity contribution in [3.8, 4) is 0 Å². The third-order valence-electron chi connectivity index (χ3n) is 3.18. The van der Waals surface area contributed by atoms with Gasteiger partial charge in [0.25, 0.3) is 0 Å². The summed E-state index contributed by atoms with van der Waals surface area (Å²) in [6, 6.07) is 0. The van der Waals surface area contributed by atoms with Gasteiger partial charge in [0, 0.05) is 13.0 Å². The summed E-state index contributed by atoms with van der Waals surface area (Å²) in [7, 11) is 0. The molecule has 0 saturated carbocycles. The third kappa shape index (κ3) is 2.99. The molecular formula is C13H23NO3. The first-order valence-corrected chi connectivity index (χ1v) is 6.24. The maximum absolute atomic E-state index is 12.0. The van der Waals surface area contributed by atoms with E-state index in [-0.39, 0.29) is 11.9 Å². The van der Waals surface area contributed by atoms with E-state index in [0.717, 1.165) is 12.8 Å². The van der Waals surface area contributed by atoms with Crippen molar-refractivity contribution >= 4 is 11.9 Å². The van der Waals surface area contributed by atoms with E-state index in [2.05, 4.69) is 0 Å². The molecule has 0 aromatic heterocycles. The molecule has 1 fully saturated rings. The molecule has 98 valence electrons. The first kappa shape index (κ1) is 14.0. The third-order valence-corrected chi connectivity index (χ3v) is 3.18. The predicted octanol–water partition coefficient (Wildman–Crippen LogP) is 2.76. The van der Waals surface area contributed by atoms with E-state index in [1.165, 1.54) is 0 Å². The number of amides is 1. The number of hydrogen-bond acceptors (Lipinski definition) is 3. The molecule has 4 nitrogen and oxygen atoms in total. The first-order chi connectivity index (χ1) is 7.70. The van der Waals surface area contributed by atoms with Crippen molar-refractivity contribution in [2.24, 2.45) is 0 Å². The zero-order valence-corrected chi connectivity index (χ0v) is 11.5. The zero-order valence-electron chi connectivity index (χ0n) is 11.5. The molecule has 0 radical (unpaired) electrons. The topological polar surface area (TPSA) is 46.6 Å². The molecule has 0 N–H and O–H groups in total. The van der Waals surface area contributed by atoms with Gasteiger partial charge in [-0.1, -0.05) is 6.92 Å². The molecule has 0 unspecified atom stereocenters. The van der Waals surface area contributed by atoms with Crippen LogP contribution in [0.4, 0.5) is 4.79 Å². The lowest BCUT2D eigenvalue weighted by Crippen LogP contribution is -2.52. The average Bonchev–Trinajstić information content (AvgIpc) is 2.58. The summed E-state index contributed by atoms with van der Waals surface area (Å²) in [6.45, 7) is 9.78. The number of nitrogens with zero attached hydrogens (tertiary/aromatic N) is 1. The van der Waals surface area contributed by atoms with Gasteiger partial charge in [-0.2, -0.15) is 0 Å². The molecule has 0 aromatic rings.